The van der Waals surface area contributed by atoms with Crippen LogP contribution in [0.1, 0.15) is 21.8 Å². The summed E-state index contributed by atoms with van der Waals surface area (Å²) in [5.41, 5.74) is 0.531. The van der Waals surface area contributed by atoms with Gasteiger partial charge >= 0.3 is 12.3 Å². The molecule has 206 valence electrons. The quantitative estimate of drug-likeness (QED) is 0.339. The van der Waals surface area contributed by atoms with Gasteiger partial charge < -0.3 is 24.3 Å². The maximum absolute atomic E-state index is 13.6. The van der Waals surface area contributed by atoms with E-state index < -0.39 is 29.6 Å². The van der Waals surface area contributed by atoms with Gasteiger partial charge in [0, 0.05) is 31.7 Å². The van der Waals surface area contributed by atoms with Crippen LogP contribution < -0.4 is 10.2 Å². The van der Waals surface area contributed by atoms with E-state index >= 15 is 0 Å². The fourth-order valence-corrected chi connectivity index (χ4v) is 4.14. The van der Waals surface area contributed by atoms with E-state index in [-0.39, 0.29) is 18.2 Å². The molecular weight excluding hydrogens is 527 g/mol. The van der Waals surface area contributed by atoms with E-state index in [0.717, 1.165) is 5.56 Å². The van der Waals surface area contributed by atoms with Crippen LogP contribution in [0, 0.1) is 0 Å². The highest BCUT2D eigenvalue weighted by atomic mass is 19.4. The summed E-state index contributed by atoms with van der Waals surface area (Å²) in [7, 11) is 0. The Bertz CT molecular complexity index is 1450. The number of amides is 2. The number of hydrogen-bond donors (Lipinski definition) is 1. The molecule has 40 heavy (non-hydrogen) atoms. The Morgan fingerprint density at radius 3 is 2.23 bits per heavy atom. The number of benzene rings is 2. The predicted octanol–water partition coefficient (Wildman–Crippen LogP) is 5.47. The number of carbonyl (C=O) groups is 2. The van der Waals surface area contributed by atoms with Gasteiger partial charge in [0.1, 0.15) is 12.4 Å². The second-order valence-electron chi connectivity index (χ2n) is 8.93. The molecule has 5 rings (SSSR count). The molecule has 0 atom stereocenters. The largest absolute Gasteiger partial charge is 0.452 e. The van der Waals surface area contributed by atoms with Crippen molar-refractivity contribution in [2.75, 3.05) is 36.4 Å². The van der Waals surface area contributed by atoms with Crippen LogP contribution in [0.15, 0.2) is 83.4 Å². The Balaban J connectivity index is 1.18. The van der Waals surface area contributed by atoms with Crippen LogP contribution in [0.25, 0.3) is 11.5 Å². The number of carbonyl (C=O) groups excluding carboxylic acids is 2. The molecule has 4 aromatic rings. The number of piperazine rings is 1. The van der Waals surface area contributed by atoms with Crippen molar-refractivity contribution in [2.45, 2.75) is 12.8 Å². The zero-order valence-electron chi connectivity index (χ0n) is 21.1. The van der Waals surface area contributed by atoms with Gasteiger partial charge in [-0.25, -0.2) is 14.8 Å². The van der Waals surface area contributed by atoms with E-state index in [2.05, 4.69) is 15.3 Å². The van der Waals surface area contributed by atoms with Crippen molar-refractivity contribution < 1.29 is 31.9 Å². The van der Waals surface area contributed by atoms with Crippen molar-refractivity contribution in [2.24, 2.45) is 0 Å². The Hall–Kier alpha value is -4.87. The third-order valence-electron chi connectivity index (χ3n) is 6.19. The number of aromatic nitrogens is 2. The number of pyridine rings is 1. The molecule has 0 bridgehead atoms. The van der Waals surface area contributed by atoms with Crippen LogP contribution in [0.4, 0.5) is 29.5 Å². The highest BCUT2D eigenvalue weighted by molar-refractivity contribution is 6.04. The number of alkyl halides is 3. The molecular formula is C28H24F3N5O4. The summed E-state index contributed by atoms with van der Waals surface area (Å²) >= 11 is 0. The number of nitrogens with zero attached hydrogens (tertiary/aromatic N) is 4. The topological polar surface area (TPSA) is 101 Å². The normalized spacial score (nSPS) is 13.7. The van der Waals surface area contributed by atoms with Crippen molar-refractivity contribution in [3.63, 3.8) is 0 Å². The van der Waals surface area contributed by atoms with Crippen molar-refractivity contribution in [1.82, 2.24) is 14.9 Å². The maximum Gasteiger partial charge on any atom is 0.452 e. The SMILES string of the molecule is O=C(Nc1ccc(N2CCN(C(=O)OCc3ccccc3)CC2)nc1)c1nc(-c2ccccc2)oc1C(F)(F)F. The molecule has 12 heteroatoms. The van der Waals surface area contributed by atoms with E-state index in [9.17, 15) is 22.8 Å². The summed E-state index contributed by atoms with van der Waals surface area (Å²) in [6, 6.07) is 20.6. The lowest BCUT2D eigenvalue weighted by atomic mass is 10.2. The molecule has 0 saturated carbocycles. The van der Waals surface area contributed by atoms with Gasteiger partial charge in [-0.3, -0.25) is 4.79 Å². The molecule has 1 saturated heterocycles. The van der Waals surface area contributed by atoms with Crippen molar-refractivity contribution in [3.8, 4) is 11.5 Å². The fourth-order valence-electron chi connectivity index (χ4n) is 4.14. The molecule has 1 aliphatic rings. The van der Waals surface area contributed by atoms with Crippen LogP contribution in [0.5, 0.6) is 0 Å². The molecule has 1 N–H and O–H groups in total. The molecule has 0 radical (unpaired) electrons. The van der Waals surface area contributed by atoms with E-state index in [0.29, 0.717) is 37.6 Å². The first-order chi connectivity index (χ1) is 19.3. The van der Waals surface area contributed by atoms with Gasteiger partial charge in [-0.2, -0.15) is 13.2 Å². The van der Waals surface area contributed by atoms with Gasteiger partial charge in [-0.15, -0.1) is 0 Å². The molecule has 2 amide bonds. The summed E-state index contributed by atoms with van der Waals surface area (Å²) in [6.07, 6.45) is -3.96. The average Bonchev–Trinajstić information content (AvgIpc) is 3.44. The van der Waals surface area contributed by atoms with Gasteiger partial charge in [0.15, 0.2) is 5.69 Å². The van der Waals surface area contributed by atoms with Crippen LogP contribution in [0.3, 0.4) is 0 Å². The Morgan fingerprint density at radius 2 is 1.60 bits per heavy atom. The third kappa shape index (κ3) is 6.22. The molecule has 0 spiro atoms. The van der Waals surface area contributed by atoms with Crippen molar-refractivity contribution in [1.29, 1.82) is 0 Å². The number of rotatable bonds is 6. The average molecular weight is 552 g/mol. The lowest BCUT2D eigenvalue weighted by Crippen LogP contribution is -2.49. The second-order valence-corrected chi connectivity index (χ2v) is 8.93. The monoisotopic (exact) mass is 551 g/mol. The molecule has 1 aliphatic heterocycles. The molecule has 2 aromatic carbocycles. The van der Waals surface area contributed by atoms with Gasteiger partial charge in [0.2, 0.25) is 11.7 Å². The second kappa shape index (κ2) is 11.5. The summed E-state index contributed by atoms with van der Waals surface area (Å²) < 4.78 is 51.0. The number of halogens is 3. The number of anilines is 2. The van der Waals surface area contributed by atoms with E-state index in [1.54, 1.807) is 29.2 Å². The summed E-state index contributed by atoms with van der Waals surface area (Å²) in [4.78, 5) is 36.9. The molecule has 9 nitrogen and oxygen atoms in total. The van der Waals surface area contributed by atoms with Crippen LogP contribution in [-0.2, 0) is 17.5 Å². The highest BCUT2D eigenvalue weighted by Gasteiger charge is 2.42. The third-order valence-corrected chi connectivity index (χ3v) is 6.19. The first-order valence-corrected chi connectivity index (χ1v) is 12.4. The smallest absolute Gasteiger partial charge is 0.445 e. The number of nitrogens with one attached hydrogen (secondary N) is 1. The predicted molar refractivity (Wildman–Crippen MR) is 140 cm³/mol. The molecule has 2 aromatic heterocycles. The van der Waals surface area contributed by atoms with Crippen molar-refractivity contribution >= 4 is 23.5 Å². The molecule has 3 heterocycles. The minimum Gasteiger partial charge on any atom is -0.445 e. The van der Waals surface area contributed by atoms with Gasteiger partial charge in [-0.1, -0.05) is 48.5 Å². The van der Waals surface area contributed by atoms with E-state index in [4.69, 9.17) is 9.15 Å². The number of ether oxygens (including phenoxy) is 1. The molecule has 1 fully saturated rings. The fraction of sp³-hybridized carbons (Fsp3) is 0.214. The Kier molecular flexibility index (Phi) is 7.67. The first-order valence-electron chi connectivity index (χ1n) is 12.4. The number of oxazole rings is 1. The highest BCUT2D eigenvalue weighted by Crippen LogP contribution is 2.35. The molecule has 0 aliphatic carbocycles. The summed E-state index contributed by atoms with van der Waals surface area (Å²) in [5, 5.41) is 2.40. The Labute approximate surface area is 227 Å². The minimum absolute atomic E-state index is 0.189. The lowest BCUT2D eigenvalue weighted by Gasteiger charge is -2.34. The summed E-state index contributed by atoms with van der Waals surface area (Å²) in [6.45, 7) is 2.08. The first kappa shape index (κ1) is 26.7. The lowest BCUT2D eigenvalue weighted by molar-refractivity contribution is -0.153. The van der Waals surface area contributed by atoms with Crippen LogP contribution >= 0.6 is 0 Å². The zero-order chi connectivity index (χ0) is 28.1. The van der Waals surface area contributed by atoms with Gasteiger partial charge in [0.25, 0.3) is 5.91 Å². The maximum atomic E-state index is 13.6. The number of hydrogen-bond acceptors (Lipinski definition) is 7. The van der Waals surface area contributed by atoms with Gasteiger partial charge in [-0.05, 0) is 29.8 Å². The van der Waals surface area contributed by atoms with Crippen LogP contribution in [0.2, 0.25) is 0 Å². The van der Waals surface area contributed by atoms with Crippen LogP contribution in [-0.4, -0.2) is 53.0 Å². The Morgan fingerprint density at radius 1 is 0.925 bits per heavy atom. The van der Waals surface area contributed by atoms with E-state index in [1.807, 2.05) is 35.2 Å². The summed E-state index contributed by atoms with van der Waals surface area (Å²) in [5.74, 6) is -2.27. The van der Waals surface area contributed by atoms with Gasteiger partial charge in [0.05, 0.1) is 11.9 Å². The van der Waals surface area contributed by atoms with Crippen molar-refractivity contribution in [3.05, 3.63) is 96.0 Å². The minimum atomic E-state index is -4.91. The molecule has 0 unspecified atom stereocenters. The standard InChI is InChI=1S/C28H24F3N5O4/c29-28(30,31)24-23(34-26(40-24)20-9-5-2-6-10-20)25(37)33-21-11-12-22(32-17-21)35-13-15-36(16-14-35)27(38)39-18-19-7-3-1-4-8-19/h1-12,17H,13-16,18H2,(H,33,37). The van der Waals surface area contributed by atoms with E-state index in [1.165, 1.54) is 24.4 Å². The zero-order valence-corrected chi connectivity index (χ0v) is 21.1.